The largest absolute Gasteiger partial charge is 0.478 e. The molecule has 0 saturated heterocycles. The summed E-state index contributed by atoms with van der Waals surface area (Å²) in [5.74, 6) is -1.02. The van der Waals surface area contributed by atoms with E-state index in [2.05, 4.69) is 5.32 Å². The number of hydrogen-bond acceptors (Lipinski definition) is 3. The van der Waals surface area contributed by atoms with Crippen molar-refractivity contribution in [3.63, 3.8) is 0 Å². The molecule has 5 heteroatoms. The maximum absolute atomic E-state index is 11.2. The van der Waals surface area contributed by atoms with E-state index in [9.17, 15) is 15.0 Å². The van der Waals surface area contributed by atoms with Gasteiger partial charge < -0.3 is 15.5 Å². The van der Waals surface area contributed by atoms with Gasteiger partial charge in [-0.05, 0) is 31.0 Å². The number of rotatable bonds is 3. The number of carbonyl (C=O) groups is 1. The van der Waals surface area contributed by atoms with Gasteiger partial charge in [0.2, 0.25) is 0 Å². The van der Waals surface area contributed by atoms with Crippen molar-refractivity contribution in [2.45, 2.75) is 44.2 Å². The fourth-order valence-electron chi connectivity index (χ4n) is 2.48. The first-order valence-electron chi connectivity index (χ1n) is 6.55. The first-order chi connectivity index (χ1) is 9.08. The van der Waals surface area contributed by atoms with E-state index in [1.165, 1.54) is 6.07 Å². The van der Waals surface area contributed by atoms with Gasteiger partial charge in [0, 0.05) is 10.7 Å². The average Bonchev–Trinajstić information content (AvgIpc) is 2.57. The van der Waals surface area contributed by atoms with Gasteiger partial charge in [-0.15, -0.1) is 0 Å². The predicted octanol–water partition coefficient (Wildman–Crippen LogP) is 3.14. The number of anilines is 1. The van der Waals surface area contributed by atoms with Gasteiger partial charge >= 0.3 is 5.97 Å². The number of halogens is 1. The van der Waals surface area contributed by atoms with Crippen LogP contribution in [0.2, 0.25) is 5.02 Å². The number of hydrogen-bond donors (Lipinski definition) is 3. The zero-order valence-electron chi connectivity index (χ0n) is 10.6. The Morgan fingerprint density at radius 1 is 1.26 bits per heavy atom. The summed E-state index contributed by atoms with van der Waals surface area (Å²) in [6.45, 7) is 0. The first kappa shape index (κ1) is 14.2. The Kier molecular flexibility index (Phi) is 4.66. The molecule has 0 amide bonds. The van der Waals surface area contributed by atoms with Crippen molar-refractivity contribution >= 4 is 23.3 Å². The predicted molar refractivity (Wildman–Crippen MR) is 74.9 cm³/mol. The lowest BCUT2D eigenvalue weighted by Crippen LogP contribution is -2.33. The van der Waals surface area contributed by atoms with Crippen molar-refractivity contribution in [1.82, 2.24) is 0 Å². The third kappa shape index (κ3) is 3.61. The number of aliphatic hydroxyl groups excluding tert-OH is 1. The molecule has 19 heavy (non-hydrogen) atoms. The van der Waals surface area contributed by atoms with E-state index in [-0.39, 0.29) is 11.6 Å². The maximum atomic E-state index is 11.2. The molecule has 1 aromatic carbocycles. The number of aliphatic hydroxyl groups is 1. The Morgan fingerprint density at radius 3 is 2.74 bits per heavy atom. The monoisotopic (exact) mass is 283 g/mol. The van der Waals surface area contributed by atoms with E-state index in [1.807, 2.05) is 0 Å². The number of carboxylic acid groups (broad SMARTS) is 1. The van der Waals surface area contributed by atoms with E-state index in [4.69, 9.17) is 11.6 Å². The molecule has 4 nitrogen and oxygen atoms in total. The Morgan fingerprint density at radius 2 is 2.00 bits per heavy atom. The minimum Gasteiger partial charge on any atom is -0.478 e. The zero-order valence-corrected chi connectivity index (χ0v) is 11.4. The summed E-state index contributed by atoms with van der Waals surface area (Å²) in [4.78, 5) is 11.2. The molecule has 0 spiro atoms. The molecular weight excluding hydrogens is 266 g/mol. The van der Waals surface area contributed by atoms with Crippen LogP contribution in [0.25, 0.3) is 0 Å². The zero-order chi connectivity index (χ0) is 13.8. The van der Waals surface area contributed by atoms with Gasteiger partial charge in [-0.2, -0.15) is 0 Å². The van der Waals surface area contributed by atoms with E-state index in [1.54, 1.807) is 12.1 Å². The average molecular weight is 284 g/mol. The van der Waals surface area contributed by atoms with Gasteiger partial charge in [-0.3, -0.25) is 0 Å². The maximum Gasteiger partial charge on any atom is 0.337 e. The molecular formula is C14H18ClNO3. The van der Waals surface area contributed by atoms with Crippen LogP contribution in [0.1, 0.15) is 42.5 Å². The second kappa shape index (κ2) is 6.26. The molecule has 2 atom stereocenters. The minimum absolute atomic E-state index is 0.0956. The molecule has 1 aromatic rings. The van der Waals surface area contributed by atoms with Gasteiger partial charge in [0.1, 0.15) is 0 Å². The van der Waals surface area contributed by atoms with Gasteiger partial charge in [0.05, 0.1) is 17.7 Å². The normalized spacial score (nSPS) is 23.7. The van der Waals surface area contributed by atoms with Gasteiger partial charge in [-0.25, -0.2) is 4.79 Å². The molecule has 0 heterocycles. The van der Waals surface area contributed by atoms with E-state index >= 15 is 0 Å². The highest BCUT2D eigenvalue weighted by molar-refractivity contribution is 6.31. The SMILES string of the molecule is O=C(O)c1cc(Cl)ccc1NC1CCCCCC1O. The van der Waals surface area contributed by atoms with Crippen LogP contribution in [0.3, 0.4) is 0 Å². The highest BCUT2D eigenvalue weighted by Gasteiger charge is 2.23. The summed E-state index contributed by atoms with van der Waals surface area (Å²) in [6, 6.07) is 4.64. The van der Waals surface area contributed by atoms with Crippen molar-refractivity contribution in [3.8, 4) is 0 Å². The summed E-state index contributed by atoms with van der Waals surface area (Å²) < 4.78 is 0. The lowest BCUT2D eigenvalue weighted by atomic mass is 10.0. The fraction of sp³-hybridized carbons (Fsp3) is 0.500. The molecule has 3 N–H and O–H groups in total. The number of benzene rings is 1. The van der Waals surface area contributed by atoms with Crippen molar-refractivity contribution in [2.75, 3.05) is 5.32 Å². The van der Waals surface area contributed by atoms with Crippen LogP contribution in [0.4, 0.5) is 5.69 Å². The minimum atomic E-state index is -1.02. The van der Waals surface area contributed by atoms with E-state index in [0.717, 1.165) is 32.1 Å². The third-order valence-electron chi connectivity index (χ3n) is 3.53. The molecule has 2 rings (SSSR count). The van der Waals surface area contributed by atoms with E-state index < -0.39 is 12.1 Å². The number of nitrogens with one attached hydrogen (secondary N) is 1. The lowest BCUT2D eigenvalue weighted by Gasteiger charge is -2.23. The fourth-order valence-corrected chi connectivity index (χ4v) is 2.65. The van der Waals surface area contributed by atoms with Crippen molar-refractivity contribution in [3.05, 3.63) is 28.8 Å². The highest BCUT2D eigenvalue weighted by Crippen LogP contribution is 2.25. The summed E-state index contributed by atoms with van der Waals surface area (Å²) >= 11 is 5.82. The van der Waals surface area contributed by atoms with Crippen LogP contribution in [-0.4, -0.2) is 28.3 Å². The molecule has 1 aliphatic carbocycles. The molecule has 104 valence electrons. The quantitative estimate of drug-likeness (QED) is 0.746. The van der Waals surface area contributed by atoms with Crippen LogP contribution in [0, 0.1) is 0 Å². The second-order valence-electron chi connectivity index (χ2n) is 4.95. The van der Waals surface area contributed by atoms with Crippen molar-refractivity contribution in [2.24, 2.45) is 0 Å². The van der Waals surface area contributed by atoms with Gasteiger partial charge in [-0.1, -0.05) is 30.9 Å². The van der Waals surface area contributed by atoms with E-state index in [0.29, 0.717) is 10.7 Å². The van der Waals surface area contributed by atoms with Crippen molar-refractivity contribution in [1.29, 1.82) is 0 Å². The van der Waals surface area contributed by atoms with Crippen LogP contribution >= 0.6 is 11.6 Å². The topological polar surface area (TPSA) is 69.6 Å². The smallest absolute Gasteiger partial charge is 0.337 e. The Bertz CT molecular complexity index is 464. The van der Waals surface area contributed by atoms with Crippen LogP contribution in [0.5, 0.6) is 0 Å². The molecule has 0 aromatic heterocycles. The molecule has 1 saturated carbocycles. The number of carboxylic acids is 1. The Balaban J connectivity index is 2.19. The van der Waals surface area contributed by atoms with Gasteiger partial charge in [0.25, 0.3) is 0 Å². The van der Waals surface area contributed by atoms with Crippen LogP contribution in [0.15, 0.2) is 18.2 Å². The second-order valence-corrected chi connectivity index (χ2v) is 5.39. The van der Waals surface area contributed by atoms with Crippen LogP contribution < -0.4 is 5.32 Å². The highest BCUT2D eigenvalue weighted by atomic mass is 35.5. The molecule has 0 radical (unpaired) electrons. The molecule has 2 unspecified atom stereocenters. The third-order valence-corrected chi connectivity index (χ3v) is 3.77. The Hall–Kier alpha value is -1.26. The number of aromatic carboxylic acids is 1. The molecule has 0 bridgehead atoms. The molecule has 1 aliphatic rings. The molecule has 1 fully saturated rings. The summed E-state index contributed by atoms with van der Waals surface area (Å²) in [5.41, 5.74) is 0.659. The van der Waals surface area contributed by atoms with Crippen molar-refractivity contribution < 1.29 is 15.0 Å². The Labute approximate surface area is 117 Å². The summed E-state index contributed by atoms with van der Waals surface area (Å²) in [6.07, 6.45) is 4.36. The summed E-state index contributed by atoms with van der Waals surface area (Å²) in [7, 11) is 0. The molecule has 0 aliphatic heterocycles. The first-order valence-corrected chi connectivity index (χ1v) is 6.93. The van der Waals surface area contributed by atoms with Crippen LogP contribution in [-0.2, 0) is 0 Å². The van der Waals surface area contributed by atoms with Gasteiger partial charge in [0.15, 0.2) is 0 Å². The lowest BCUT2D eigenvalue weighted by molar-refractivity contribution is 0.0697. The standard InChI is InChI=1S/C14H18ClNO3/c15-9-6-7-11(10(8-9)14(18)19)16-12-4-2-1-3-5-13(12)17/h6-8,12-13,16-17H,1-5H2,(H,18,19). The summed E-state index contributed by atoms with van der Waals surface area (Å²) in [5, 5.41) is 22.8.